The van der Waals surface area contributed by atoms with Crippen molar-refractivity contribution in [3.63, 3.8) is 0 Å². The van der Waals surface area contributed by atoms with Gasteiger partial charge in [-0.05, 0) is 58.4 Å². The Morgan fingerprint density at radius 1 is 1.10 bits per heavy atom. The second-order valence-corrected chi connectivity index (χ2v) is 6.32. The molecular weight excluding hydrogens is 274 g/mol. The van der Waals surface area contributed by atoms with Crippen LogP contribution < -0.4 is 5.73 Å². The number of carbonyl (C=O) groups excluding carboxylic acids is 1. The molecule has 0 aromatic rings. The third-order valence-electron chi connectivity index (χ3n) is 4.81. The number of hydrogen-bond acceptors (Lipinski definition) is 3. The lowest BCUT2D eigenvalue weighted by atomic mass is 9.91. The Morgan fingerprint density at radius 2 is 1.75 bits per heavy atom. The Labute approximate surface area is 129 Å². The van der Waals surface area contributed by atoms with Crippen molar-refractivity contribution in [3.8, 4) is 0 Å². The SMILES string of the molecule is CC(N)C1CCCN(C(C)C(=O)N2CCCCC2)C1.Cl. The Kier molecular flexibility index (Phi) is 7.27. The summed E-state index contributed by atoms with van der Waals surface area (Å²) >= 11 is 0. The molecule has 0 aliphatic carbocycles. The number of nitrogens with zero attached hydrogens (tertiary/aromatic N) is 2. The number of likely N-dealkylation sites (tertiary alicyclic amines) is 2. The van der Waals surface area contributed by atoms with Crippen molar-refractivity contribution in [1.29, 1.82) is 0 Å². The van der Waals surface area contributed by atoms with Gasteiger partial charge in [0.2, 0.25) is 5.91 Å². The first kappa shape index (κ1) is 17.7. The Hall–Kier alpha value is -0.320. The van der Waals surface area contributed by atoms with Gasteiger partial charge in [0.25, 0.3) is 0 Å². The van der Waals surface area contributed by atoms with Gasteiger partial charge in [0.1, 0.15) is 0 Å². The summed E-state index contributed by atoms with van der Waals surface area (Å²) in [6.07, 6.45) is 5.99. The molecule has 2 rings (SSSR count). The van der Waals surface area contributed by atoms with E-state index in [2.05, 4.69) is 23.6 Å². The second-order valence-electron chi connectivity index (χ2n) is 6.32. The van der Waals surface area contributed by atoms with Crippen LogP contribution in [0, 0.1) is 5.92 Å². The highest BCUT2D eigenvalue weighted by Gasteiger charge is 2.31. The van der Waals surface area contributed by atoms with E-state index in [1.54, 1.807) is 0 Å². The van der Waals surface area contributed by atoms with Crippen LogP contribution in [0.1, 0.15) is 46.0 Å². The van der Waals surface area contributed by atoms with Gasteiger partial charge in [0.05, 0.1) is 6.04 Å². The van der Waals surface area contributed by atoms with E-state index in [0.717, 1.165) is 26.2 Å². The maximum atomic E-state index is 12.5. The first-order valence-corrected chi connectivity index (χ1v) is 7.88. The molecular formula is C15H30ClN3O. The molecule has 0 bridgehead atoms. The van der Waals surface area contributed by atoms with Crippen LogP contribution in [0.15, 0.2) is 0 Å². The first-order chi connectivity index (χ1) is 9.09. The third-order valence-corrected chi connectivity index (χ3v) is 4.81. The summed E-state index contributed by atoms with van der Waals surface area (Å²) in [5.74, 6) is 0.871. The molecule has 0 aromatic carbocycles. The van der Waals surface area contributed by atoms with Crippen molar-refractivity contribution in [2.24, 2.45) is 11.7 Å². The van der Waals surface area contributed by atoms with E-state index in [1.165, 1.54) is 32.1 Å². The maximum absolute atomic E-state index is 12.5. The van der Waals surface area contributed by atoms with Crippen molar-refractivity contribution in [3.05, 3.63) is 0 Å². The summed E-state index contributed by atoms with van der Waals surface area (Å²) < 4.78 is 0. The zero-order valence-corrected chi connectivity index (χ0v) is 13.7. The molecule has 2 aliphatic rings. The molecule has 2 heterocycles. The molecule has 2 fully saturated rings. The van der Waals surface area contributed by atoms with Crippen LogP contribution in [0.3, 0.4) is 0 Å². The number of hydrogen-bond donors (Lipinski definition) is 1. The van der Waals surface area contributed by atoms with E-state index in [-0.39, 0.29) is 24.5 Å². The highest BCUT2D eigenvalue weighted by molar-refractivity contribution is 5.85. The quantitative estimate of drug-likeness (QED) is 0.866. The summed E-state index contributed by atoms with van der Waals surface area (Å²) in [7, 11) is 0. The van der Waals surface area contributed by atoms with E-state index >= 15 is 0 Å². The van der Waals surface area contributed by atoms with Crippen molar-refractivity contribution in [2.45, 2.75) is 58.0 Å². The number of amides is 1. The van der Waals surface area contributed by atoms with Gasteiger partial charge >= 0.3 is 0 Å². The fourth-order valence-electron chi connectivity index (χ4n) is 3.36. The number of carbonyl (C=O) groups is 1. The predicted molar refractivity (Wildman–Crippen MR) is 85.1 cm³/mol. The average Bonchev–Trinajstić information content (AvgIpc) is 2.46. The zero-order chi connectivity index (χ0) is 13.8. The highest BCUT2D eigenvalue weighted by atomic mass is 35.5. The number of rotatable bonds is 3. The van der Waals surface area contributed by atoms with Gasteiger partial charge in [-0.3, -0.25) is 9.69 Å². The summed E-state index contributed by atoms with van der Waals surface area (Å²) in [5, 5.41) is 0. The van der Waals surface area contributed by atoms with Crippen molar-refractivity contribution in [1.82, 2.24) is 9.80 Å². The lowest BCUT2D eigenvalue weighted by Crippen LogP contribution is -2.53. The van der Waals surface area contributed by atoms with Crippen molar-refractivity contribution >= 4 is 18.3 Å². The largest absolute Gasteiger partial charge is 0.341 e. The van der Waals surface area contributed by atoms with Crippen LogP contribution >= 0.6 is 12.4 Å². The fraction of sp³-hybridized carbons (Fsp3) is 0.933. The Morgan fingerprint density at radius 3 is 2.35 bits per heavy atom. The Bertz CT molecular complexity index is 305. The van der Waals surface area contributed by atoms with Gasteiger partial charge in [0, 0.05) is 25.7 Å². The first-order valence-electron chi connectivity index (χ1n) is 7.88. The Balaban J connectivity index is 0.00000200. The minimum absolute atomic E-state index is 0. The molecule has 3 unspecified atom stereocenters. The molecule has 2 saturated heterocycles. The molecule has 4 nitrogen and oxygen atoms in total. The minimum Gasteiger partial charge on any atom is -0.341 e. The van der Waals surface area contributed by atoms with Gasteiger partial charge in [0.15, 0.2) is 0 Å². The smallest absolute Gasteiger partial charge is 0.239 e. The molecule has 0 spiro atoms. The van der Waals surface area contributed by atoms with Gasteiger partial charge < -0.3 is 10.6 Å². The molecule has 0 saturated carbocycles. The molecule has 20 heavy (non-hydrogen) atoms. The number of nitrogens with two attached hydrogens (primary N) is 1. The van der Waals surface area contributed by atoms with Gasteiger partial charge in [-0.15, -0.1) is 12.4 Å². The van der Waals surface area contributed by atoms with E-state index < -0.39 is 0 Å². The standard InChI is InChI=1S/C15H29N3O.ClH/c1-12(16)14-7-6-10-18(11-14)13(2)15(19)17-8-4-3-5-9-17;/h12-14H,3-11,16H2,1-2H3;1H. The van der Waals surface area contributed by atoms with Gasteiger partial charge in [-0.2, -0.15) is 0 Å². The summed E-state index contributed by atoms with van der Waals surface area (Å²) in [6, 6.07) is 0.264. The lowest BCUT2D eigenvalue weighted by molar-refractivity contribution is -0.138. The number of piperidine rings is 2. The fourth-order valence-corrected chi connectivity index (χ4v) is 3.36. The second kappa shape index (κ2) is 8.20. The van der Waals surface area contributed by atoms with Gasteiger partial charge in [-0.25, -0.2) is 0 Å². The van der Waals surface area contributed by atoms with Crippen molar-refractivity contribution < 1.29 is 4.79 Å². The van der Waals surface area contributed by atoms with E-state index in [4.69, 9.17) is 5.73 Å². The number of halogens is 1. The molecule has 5 heteroatoms. The van der Waals surface area contributed by atoms with E-state index in [0.29, 0.717) is 11.8 Å². The van der Waals surface area contributed by atoms with E-state index in [1.807, 2.05) is 0 Å². The summed E-state index contributed by atoms with van der Waals surface area (Å²) in [4.78, 5) is 16.9. The molecule has 1 amide bonds. The van der Waals surface area contributed by atoms with Gasteiger partial charge in [-0.1, -0.05) is 0 Å². The summed E-state index contributed by atoms with van der Waals surface area (Å²) in [6.45, 7) is 8.09. The van der Waals surface area contributed by atoms with E-state index in [9.17, 15) is 4.79 Å². The highest BCUT2D eigenvalue weighted by Crippen LogP contribution is 2.22. The van der Waals surface area contributed by atoms with Crippen molar-refractivity contribution in [2.75, 3.05) is 26.2 Å². The van der Waals surface area contributed by atoms with Crippen LogP contribution in [0.2, 0.25) is 0 Å². The summed E-state index contributed by atoms with van der Waals surface area (Å²) in [5.41, 5.74) is 6.03. The van der Waals surface area contributed by atoms with Crippen LogP contribution in [0.5, 0.6) is 0 Å². The van der Waals surface area contributed by atoms with Crippen LogP contribution in [-0.4, -0.2) is 54.0 Å². The monoisotopic (exact) mass is 303 g/mol. The molecule has 0 radical (unpaired) electrons. The van der Waals surface area contributed by atoms with Crippen LogP contribution in [-0.2, 0) is 4.79 Å². The maximum Gasteiger partial charge on any atom is 0.239 e. The topological polar surface area (TPSA) is 49.6 Å². The normalized spacial score (nSPS) is 27.6. The predicted octanol–water partition coefficient (Wildman–Crippen LogP) is 1.87. The molecule has 118 valence electrons. The molecule has 2 aliphatic heterocycles. The minimum atomic E-state index is 0. The third kappa shape index (κ3) is 4.34. The van der Waals surface area contributed by atoms with Crippen LogP contribution in [0.25, 0.3) is 0 Å². The molecule has 0 aromatic heterocycles. The molecule has 3 atom stereocenters. The van der Waals surface area contributed by atoms with Crippen LogP contribution in [0.4, 0.5) is 0 Å². The molecule has 2 N–H and O–H groups in total. The lowest BCUT2D eigenvalue weighted by Gasteiger charge is -2.39. The zero-order valence-electron chi connectivity index (χ0n) is 12.9. The average molecular weight is 304 g/mol.